The Balaban J connectivity index is 1.78. The Morgan fingerprint density at radius 3 is 2.19 bits per heavy atom. The fraction of sp³-hybridized carbons (Fsp3) is 0.174. The van der Waals surface area contributed by atoms with Gasteiger partial charge in [0, 0.05) is 16.3 Å². The molecule has 0 atom stereocenters. The number of ether oxygens (including phenoxy) is 1. The van der Waals surface area contributed by atoms with Gasteiger partial charge in [0.2, 0.25) is 0 Å². The molecule has 0 aromatic heterocycles. The van der Waals surface area contributed by atoms with E-state index in [4.69, 9.17) is 16.3 Å². The van der Waals surface area contributed by atoms with Gasteiger partial charge in [0.15, 0.2) is 0 Å². The number of para-hydroxylation sites is 1. The summed E-state index contributed by atoms with van der Waals surface area (Å²) in [5, 5.41) is 3.72. The van der Waals surface area contributed by atoms with Gasteiger partial charge in [0.25, 0.3) is 5.91 Å². The minimum absolute atomic E-state index is 0.159. The van der Waals surface area contributed by atoms with E-state index >= 15 is 0 Å². The first-order valence-electron chi connectivity index (χ1n) is 9.07. The topological polar surface area (TPSA) is 38.3 Å². The fourth-order valence-electron chi connectivity index (χ4n) is 2.95. The lowest BCUT2D eigenvalue weighted by atomic mass is 10.0. The van der Waals surface area contributed by atoms with E-state index in [2.05, 4.69) is 12.2 Å². The zero-order valence-corrected chi connectivity index (χ0v) is 16.2. The van der Waals surface area contributed by atoms with Crippen molar-refractivity contribution in [3.05, 3.63) is 88.4 Å². The zero-order chi connectivity index (χ0) is 19.2. The molecule has 138 valence electrons. The standard InChI is InChI=1S/C23H22ClNO2/c1-3-16-12-15-21(24)20(4-2)22(16)25-23(26)17-10-13-19(14-11-17)27-18-8-6-5-7-9-18/h5-15H,3-4H2,1-2H3,(H,25,26). The zero-order valence-electron chi connectivity index (χ0n) is 15.5. The van der Waals surface area contributed by atoms with E-state index in [1.807, 2.05) is 49.4 Å². The lowest BCUT2D eigenvalue weighted by Gasteiger charge is -2.16. The van der Waals surface area contributed by atoms with E-state index in [1.165, 1.54) is 0 Å². The molecule has 0 aliphatic rings. The van der Waals surface area contributed by atoms with Gasteiger partial charge in [-0.15, -0.1) is 0 Å². The van der Waals surface area contributed by atoms with Crippen LogP contribution in [0.5, 0.6) is 11.5 Å². The molecule has 3 aromatic rings. The van der Waals surface area contributed by atoms with Gasteiger partial charge >= 0.3 is 0 Å². The van der Waals surface area contributed by atoms with Gasteiger partial charge in [-0.25, -0.2) is 0 Å². The Hall–Kier alpha value is -2.78. The summed E-state index contributed by atoms with van der Waals surface area (Å²) in [7, 11) is 0. The Labute approximate surface area is 164 Å². The number of halogens is 1. The Morgan fingerprint density at radius 2 is 1.56 bits per heavy atom. The highest BCUT2D eigenvalue weighted by molar-refractivity contribution is 6.32. The number of anilines is 1. The summed E-state index contributed by atoms with van der Waals surface area (Å²) in [5.74, 6) is 1.28. The highest BCUT2D eigenvalue weighted by Crippen LogP contribution is 2.30. The van der Waals surface area contributed by atoms with Crippen molar-refractivity contribution in [3.63, 3.8) is 0 Å². The van der Waals surface area contributed by atoms with Crippen LogP contribution in [-0.2, 0) is 12.8 Å². The largest absolute Gasteiger partial charge is 0.457 e. The summed E-state index contributed by atoms with van der Waals surface area (Å²) in [5.41, 5.74) is 3.43. The smallest absolute Gasteiger partial charge is 0.255 e. The highest BCUT2D eigenvalue weighted by Gasteiger charge is 2.14. The van der Waals surface area contributed by atoms with Crippen LogP contribution in [0.25, 0.3) is 0 Å². The SMILES string of the molecule is CCc1ccc(Cl)c(CC)c1NC(=O)c1ccc(Oc2ccccc2)cc1. The third-order valence-corrected chi connectivity index (χ3v) is 4.76. The van der Waals surface area contributed by atoms with Gasteiger partial charge in [-0.2, -0.15) is 0 Å². The lowest BCUT2D eigenvalue weighted by molar-refractivity contribution is 0.102. The maximum absolute atomic E-state index is 12.7. The second kappa shape index (κ2) is 8.74. The number of hydrogen-bond acceptors (Lipinski definition) is 2. The van der Waals surface area contributed by atoms with Crippen molar-refractivity contribution in [2.24, 2.45) is 0 Å². The summed E-state index contributed by atoms with van der Waals surface area (Å²) in [4.78, 5) is 12.7. The molecule has 0 saturated heterocycles. The van der Waals surface area contributed by atoms with Gasteiger partial charge in [-0.3, -0.25) is 4.79 Å². The molecule has 3 rings (SSSR count). The van der Waals surface area contributed by atoms with Gasteiger partial charge < -0.3 is 10.1 Å². The summed E-state index contributed by atoms with van der Waals surface area (Å²) < 4.78 is 5.77. The molecule has 27 heavy (non-hydrogen) atoms. The predicted molar refractivity (Wildman–Crippen MR) is 111 cm³/mol. The molecule has 1 N–H and O–H groups in total. The van der Waals surface area contributed by atoms with Gasteiger partial charge in [-0.1, -0.05) is 49.7 Å². The van der Waals surface area contributed by atoms with E-state index in [1.54, 1.807) is 24.3 Å². The van der Waals surface area contributed by atoms with Crippen LogP contribution >= 0.6 is 11.6 Å². The van der Waals surface area contributed by atoms with Crippen molar-refractivity contribution >= 4 is 23.2 Å². The molecule has 0 aliphatic heterocycles. The monoisotopic (exact) mass is 379 g/mol. The maximum Gasteiger partial charge on any atom is 0.255 e. The minimum atomic E-state index is -0.159. The van der Waals surface area contributed by atoms with Crippen LogP contribution < -0.4 is 10.1 Å². The summed E-state index contributed by atoms with van der Waals surface area (Å²) in [6, 6.07) is 20.5. The van der Waals surface area contributed by atoms with E-state index in [-0.39, 0.29) is 5.91 Å². The predicted octanol–water partition coefficient (Wildman–Crippen LogP) is 6.51. The number of carbonyl (C=O) groups excluding carboxylic acids is 1. The molecule has 0 saturated carbocycles. The molecule has 0 radical (unpaired) electrons. The molecule has 0 fully saturated rings. The maximum atomic E-state index is 12.7. The summed E-state index contributed by atoms with van der Waals surface area (Å²) in [6.45, 7) is 4.10. The Morgan fingerprint density at radius 1 is 0.889 bits per heavy atom. The number of carbonyl (C=O) groups is 1. The number of benzene rings is 3. The first kappa shape index (κ1) is 19.0. The van der Waals surface area contributed by atoms with Crippen molar-refractivity contribution in [1.29, 1.82) is 0 Å². The first-order chi connectivity index (χ1) is 13.1. The van der Waals surface area contributed by atoms with Crippen molar-refractivity contribution in [1.82, 2.24) is 0 Å². The molecule has 0 unspecified atom stereocenters. The summed E-state index contributed by atoms with van der Waals surface area (Å²) in [6.07, 6.45) is 1.58. The quantitative estimate of drug-likeness (QED) is 0.530. The highest BCUT2D eigenvalue weighted by atomic mass is 35.5. The summed E-state index contributed by atoms with van der Waals surface area (Å²) >= 11 is 6.32. The van der Waals surface area contributed by atoms with Gasteiger partial charge in [0.1, 0.15) is 11.5 Å². The fourth-order valence-corrected chi connectivity index (χ4v) is 3.24. The van der Waals surface area contributed by atoms with E-state index in [9.17, 15) is 4.79 Å². The molecule has 1 amide bonds. The number of amides is 1. The molecular weight excluding hydrogens is 358 g/mol. The van der Waals surface area contributed by atoms with Crippen LogP contribution in [0.4, 0.5) is 5.69 Å². The average molecular weight is 380 g/mol. The molecule has 3 nitrogen and oxygen atoms in total. The van der Waals surface area contributed by atoms with Crippen molar-refractivity contribution < 1.29 is 9.53 Å². The van der Waals surface area contributed by atoms with Crippen molar-refractivity contribution in [2.45, 2.75) is 26.7 Å². The number of nitrogens with one attached hydrogen (secondary N) is 1. The Kier molecular flexibility index (Phi) is 6.15. The van der Waals surface area contributed by atoms with E-state index in [0.717, 1.165) is 35.4 Å². The molecule has 0 bridgehead atoms. The van der Waals surface area contributed by atoms with Crippen molar-refractivity contribution in [3.8, 4) is 11.5 Å². The van der Waals surface area contributed by atoms with Crippen LogP contribution in [-0.4, -0.2) is 5.91 Å². The molecular formula is C23H22ClNO2. The van der Waals surface area contributed by atoms with Crippen LogP contribution in [0, 0.1) is 0 Å². The third kappa shape index (κ3) is 4.50. The number of rotatable bonds is 6. The van der Waals surface area contributed by atoms with Crippen LogP contribution in [0.15, 0.2) is 66.7 Å². The average Bonchev–Trinajstić information content (AvgIpc) is 2.70. The van der Waals surface area contributed by atoms with Gasteiger partial charge in [-0.05, 0) is 66.4 Å². The second-order valence-corrected chi connectivity index (χ2v) is 6.57. The molecule has 0 aliphatic carbocycles. The van der Waals surface area contributed by atoms with E-state index in [0.29, 0.717) is 16.3 Å². The van der Waals surface area contributed by atoms with Crippen LogP contribution in [0.3, 0.4) is 0 Å². The Bertz CT molecular complexity index is 921. The van der Waals surface area contributed by atoms with Crippen molar-refractivity contribution in [2.75, 3.05) is 5.32 Å². The second-order valence-electron chi connectivity index (χ2n) is 6.16. The molecule has 3 aromatic carbocycles. The minimum Gasteiger partial charge on any atom is -0.457 e. The molecule has 0 heterocycles. The first-order valence-corrected chi connectivity index (χ1v) is 9.44. The van der Waals surface area contributed by atoms with E-state index < -0.39 is 0 Å². The van der Waals surface area contributed by atoms with Crippen LogP contribution in [0.1, 0.15) is 35.3 Å². The molecule has 0 spiro atoms. The molecule has 4 heteroatoms. The van der Waals surface area contributed by atoms with Crippen LogP contribution in [0.2, 0.25) is 5.02 Å². The van der Waals surface area contributed by atoms with Gasteiger partial charge in [0.05, 0.1) is 0 Å². The lowest BCUT2D eigenvalue weighted by Crippen LogP contribution is -2.15. The number of hydrogen-bond donors (Lipinski definition) is 1. The normalized spacial score (nSPS) is 10.5. The third-order valence-electron chi connectivity index (χ3n) is 4.41. The number of aryl methyl sites for hydroxylation is 1.